The van der Waals surface area contributed by atoms with Gasteiger partial charge in [-0.15, -0.1) is 0 Å². The molecule has 0 saturated heterocycles. The molecule has 2 aromatic rings. The second-order valence-electron chi connectivity index (χ2n) is 4.93. The van der Waals surface area contributed by atoms with Crippen molar-refractivity contribution in [3.8, 4) is 5.75 Å². The summed E-state index contributed by atoms with van der Waals surface area (Å²) in [4.78, 5) is 2.11. The second-order valence-corrected chi connectivity index (χ2v) is 5.34. The number of anilines is 2. The van der Waals surface area contributed by atoms with E-state index >= 15 is 0 Å². The molecule has 0 fully saturated rings. The lowest BCUT2D eigenvalue weighted by Gasteiger charge is -2.29. The van der Waals surface area contributed by atoms with E-state index in [2.05, 4.69) is 11.8 Å². The number of ether oxygens (including phenoxy) is 1. The molecule has 3 nitrogen and oxygen atoms in total. The number of rotatable bonds is 5. The van der Waals surface area contributed by atoms with Crippen molar-refractivity contribution in [2.45, 2.75) is 19.9 Å². The zero-order valence-corrected chi connectivity index (χ0v) is 13.4. The summed E-state index contributed by atoms with van der Waals surface area (Å²) in [5, 5.41) is 0.761. The summed E-state index contributed by atoms with van der Waals surface area (Å²) in [7, 11) is 2.01. The molecule has 0 saturated carbocycles. The van der Waals surface area contributed by atoms with Crippen molar-refractivity contribution in [1.82, 2.24) is 0 Å². The van der Waals surface area contributed by atoms with Crippen LogP contribution in [-0.2, 0) is 0 Å². The van der Waals surface area contributed by atoms with E-state index < -0.39 is 0 Å². The van der Waals surface area contributed by atoms with Crippen molar-refractivity contribution in [3.05, 3.63) is 53.1 Å². The summed E-state index contributed by atoms with van der Waals surface area (Å²) >= 11 is 6.29. The third-order valence-corrected chi connectivity index (χ3v) is 4.00. The standard InChI is InChI=1S/C17H21ClN2O/c1-4-21-16-11-7-10-15(17(16)19)20(3)12(2)13-8-5-6-9-14(13)18/h5-12H,4,19H2,1-3H3. The molecule has 4 heteroatoms. The maximum Gasteiger partial charge on any atom is 0.144 e. The highest BCUT2D eigenvalue weighted by atomic mass is 35.5. The Kier molecular flexibility index (Phi) is 4.97. The first-order valence-corrected chi connectivity index (χ1v) is 7.42. The molecule has 0 aliphatic heterocycles. The molecule has 0 radical (unpaired) electrons. The molecule has 112 valence electrons. The van der Waals surface area contributed by atoms with Gasteiger partial charge in [0.05, 0.1) is 24.0 Å². The van der Waals surface area contributed by atoms with Crippen molar-refractivity contribution in [2.75, 3.05) is 24.3 Å². The van der Waals surface area contributed by atoms with Gasteiger partial charge in [0.15, 0.2) is 0 Å². The molecular weight excluding hydrogens is 284 g/mol. The summed E-state index contributed by atoms with van der Waals surface area (Å²) < 4.78 is 5.56. The van der Waals surface area contributed by atoms with Crippen LogP contribution in [0.3, 0.4) is 0 Å². The summed E-state index contributed by atoms with van der Waals surface area (Å²) in [5.74, 6) is 0.716. The van der Waals surface area contributed by atoms with Gasteiger partial charge in [-0.1, -0.05) is 35.9 Å². The van der Waals surface area contributed by atoms with Gasteiger partial charge in [0.25, 0.3) is 0 Å². The first-order chi connectivity index (χ1) is 10.1. The quantitative estimate of drug-likeness (QED) is 0.825. The first kappa shape index (κ1) is 15.5. The maximum absolute atomic E-state index is 6.29. The molecule has 2 aromatic carbocycles. The molecule has 21 heavy (non-hydrogen) atoms. The zero-order chi connectivity index (χ0) is 15.4. The van der Waals surface area contributed by atoms with Crippen LogP contribution in [0, 0.1) is 0 Å². The van der Waals surface area contributed by atoms with E-state index in [1.165, 1.54) is 0 Å². The van der Waals surface area contributed by atoms with Gasteiger partial charge in [-0.3, -0.25) is 0 Å². The number of benzene rings is 2. The molecule has 0 bridgehead atoms. The molecule has 0 aliphatic rings. The minimum atomic E-state index is 0.109. The molecular formula is C17H21ClN2O. The van der Waals surface area contributed by atoms with Gasteiger partial charge in [-0.2, -0.15) is 0 Å². The molecule has 2 N–H and O–H groups in total. The molecule has 2 rings (SSSR count). The van der Waals surface area contributed by atoms with Crippen molar-refractivity contribution in [3.63, 3.8) is 0 Å². The van der Waals surface area contributed by atoms with Gasteiger partial charge in [-0.05, 0) is 37.6 Å². The summed E-state index contributed by atoms with van der Waals surface area (Å²) in [5.41, 5.74) is 8.89. The number of hydrogen-bond donors (Lipinski definition) is 1. The molecule has 0 aliphatic carbocycles. The van der Waals surface area contributed by atoms with Gasteiger partial charge in [0.1, 0.15) is 5.75 Å². The molecule has 1 unspecified atom stereocenters. The molecule has 0 spiro atoms. The third-order valence-electron chi connectivity index (χ3n) is 3.66. The third kappa shape index (κ3) is 3.24. The summed E-state index contributed by atoms with van der Waals surface area (Å²) in [6, 6.07) is 13.8. The Hall–Kier alpha value is -1.87. The number of nitrogen functional groups attached to an aromatic ring is 1. The number of nitrogens with zero attached hydrogens (tertiary/aromatic N) is 1. The molecule has 0 heterocycles. The topological polar surface area (TPSA) is 38.5 Å². The van der Waals surface area contributed by atoms with E-state index in [-0.39, 0.29) is 6.04 Å². The van der Waals surface area contributed by atoms with Crippen LogP contribution in [0.5, 0.6) is 5.75 Å². The predicted octanol–water partition coefficient (Wildman–Crippen LogP) is 4.52. The molecule has 1 atom stereocenters. The Morgan fingerprint density at radius 1 is 1.19 bits per heavy atom. The monoisotopic (exact) mass is 304 g/mol. The Morgan fingerprint density at radius 3 is 2.57 bits per heavy atom. The maximum atomic E-state index is 6.29. The fourth-order valence-electron chi connectivity index (χ4n) is 2.35. The van der Waals surface area contributed by atoms with E-state index in [1.807, 2.05) is 56.4 Å². The fraction of sp³-hybridized carbons (Fsp3) is 0.294. The predicted molar refractivity (Wildman–Crippen MR) is 90.3 cm³/mol. The smallest absolute Gasteiger partial charge is 0.144 e. The lowest BCUT2D eigenvalue weighted by molar-refractivity contribution is 0.342. The van der Waals surface area contributed by atoms with Crippen molar-refractivity contribution in [2.24, 2.45) is 0 Å². The van der Waals surface area contributed by atoms with E-state index in [9.17, 15) is 0 Å². The second kappa shape index (κ2) is 6.72. The average molecular weight is 305 g/mol. The number of para-hydroxylation sites is 1. The van der Waals surface area contributed by atoms with Gasteiger partial charge >= 0.3 is 0 Å². The lowest BCUT2D eigenvalue weighted by Crippen LogP contribution is -2.23. The molecule has 0 amide bonds. The van der Waals surface area contributed by atoms with Crippen molar-refractivity contribution in [1.29, 1.82) is 0 Å². The Bertz CT molecular complexity index is 615. The van der Waals surface area contributed by atoms with E-state index in [0.29, 0.717) is 18.0 Å². The Balaban J connectivity index is 2.34. The van der Waals surface area contributed by atoms with Gasteiger partial charge in [0.2, 0.25) is 0 Å². The van der Waals surface area contributed by atoms with Crippen LogP contribution < -0.4 is 15.4 Å². The van der Waals surface area contributed by atoms with Crippen LogP contribution in [0.2, 0.25) is 5.02 Å². The Labute approximate surface area is 131 Å². The van der Waals surface area contributed by atoms with E-state index in [1.54, 1.807) is 0 Å². The van der Waals surface area contributed by atoms with Crippen LogP contribution in [0.4, 0.5) is 11.4 Å². The first-order valence-electron chi connectivity index (χ1n) is 7.04. The lowest BCUT2D eigenvalue weighted by atomic mass is 10.1. The van der Waals surface area contributed by atoms with Crippen LogP contribution in [0.25, 0.3) is 0 Å². The van der Waals surface area contributed by atoms with Gasteiger partial charge in [-0.25, -0.2) is 0 Å². The van der Waals surface area contributed by atoms with Gasteiger partial charge < -0.3 is 15.4 Å². The fourth-order valence-corrected chi connectivity index (χ4v) is 2.65. The van der Waals surface area contributed by atoms with E-state index in [0.717, 1.165) is 16.3 Å². The summed E-state index contributed by atoms with van der Waals surface area (Å²) in [6.45, 7) is 4.65. The van der Waals surface area contributed by atoms with Crippen molar-refractivity contribution < 1.29 is 4.74 Å². The zero-order valence-electron chi connectivity index (χ0n) is 12.6. The highest BCUT2D eigenvalue weighted by molar-refractivity contribution is 6.31. The molecule has 0 aromatic heterocycles. The minimum absolute atomic E-state index is 0.109. The normalized spacial score (nSPS) is 12.0. The SMILES string of the molecule is CCOc1cccc(N(C)C(C)c2ccccc2Cl)c1N. The number of halogens is 1. The van der Waals surface area contributed by atoms with Crippen LogP contribution in [0.1, 0.15) is 25.5 Å². The average Bonchev–Trinajstić information content (AvgIpc) is 2.49. The summed E-state index contributed by atoms with van der Waals surface area (Å²) in [6.07, 6.45) is 0. The minimum Gasteiger partial charge on any atom is -0.492 e. The van der Waals surface area contributed by atoms with Crippen molar-refractivity contribution >= 4 is 23.0 Å². The highest BCUT2D eigenvalue weighted by Gasteiger charge is 2.18. The number of nitrogens with two attached hydrogens (primary N) is 1. The number of hydrogen-bond acceptors (Lipinski definition) is 3. The van der Waals surface area contributed by atoms with Crippen LogP contribution >= 0.6 is 11.6 Å². The van der Waals surface area contributed by atoms with Crippen LogP contribution in [-0.4, -0.2) is 13.7 Å². The highest BCUT2D eigenvalue weighted by Crippen LogP contribution is 2.36. The largest absolute Gasteiger partial charge is 0.492 e. The Morgan fingerprint density at radius 2 is 1.90 bits per heavy atom. The van der Waals surface area contributed by atoms with Gasteiger partial charge in [0, 0.05) is 12.1 Å². The van der Waals surface area contributed by atoms with E-state index in [4.69, 9.17) is 22.1 Å². The van der Waals surface area contributed by atoms with Crippen LogP contribution in [0.15, 0.2) is 42.5 Å².